The summed E-state index contributed by atoms with van der Waals surface area (Å²) in [6.45, 7) is 9.83. The molecule has 8 rings (SSSR count). The Balaban J connectivity index is 0.987. The molecule has 2 saturated heterocycles. The Morgan fingerprint density at radius 1 is 1.03 bits per heavy atom. The molecular formula is C45H49ClN6O9S. The van der Waals surface area contributed by atoms with Crippen LogP contribution < -0.4 is 19.1 Å². The summed E-state index contributed by atoms with van der Waals surface area (Å²) in [4.78, 5) is 36.8. The summed E-state index contributed by atoms with van der Waals surface area (Å²) < 4.78 is 52.2. The lowest BCUT2D eigenvalue weighted by Crippen LogP contribution is -2.47. The van der Waals surface area contributed by atoms with Crippen molar-refractivity contribution < 1.29 is 37.1 Å². The first kappa shape index (κ1) is 43.1. The third kappa shape index (κ3) is 10.2. The van der Waals surface area contributed by atoms with Crippen LogP contribution in [0.15, 0.2) is 95.7 Å². The molecule has 326 valence electrons. The Morgan fingerprint density at radius 3 is 2.60 bits per heavy atom. The smallest absolute Gasteiger partial charge is 0.312 e. The van der Waals surface area contributed by atoms with E-state index in [1.54, 1.807) is 24.4 Å². The molecule has 62 heavy (non-hydrogen) atoms. The SMILES string of the molecule is CC1(C)CCC(CN2CCN(c3ccc(C(=O)NS(=O)(=O)c4ccc(OCCOC5CCOC5)c([N+](=O)[O-])c4)c(Oc4cnc5[nH]ccc5c4)c3)CC2)=C(c2ccc(Cl)cc2)C1. The van der Waals surface area contributed by atoms with Crippen molar-refractivity contribution in [2.75, 3.05) is 64.1 Å². The second-order valence-corrected chi connectivity index (χ2v) is 18.7. The average Bonchev–Trinajstić information content (AvgIpc) is 3.96. The van der Waals surface area contributed by atoms with Gasteiger partial charge in [-0.05, 0) is 90.8 Å². The number of nitro groups is 1. The first-order valence-corrected chi connectivity index (χ1v) is 22.5. The van der Waals surface area contributed by atoms with Gasteiger partial charge in [-0.1, -0.05) is 43.2 Å². The van der Waals surface area contributed by atoms with Crippen LogP contribution in [0.4, 0.5) is 11.4 Å². The molecule has 2 aliphatic heterocycles. The molecule has 17 heteroatoms. The van der Waals surface area contributed by atoms with E-state index in [1.165, 1.54) is 35.0 Å². The van der Waals surface area contributed by atoms with E-state index in [-0.39, 0.29) is 41.8 Å². The number of piperazine rings is 1. The van der Waals surface area contributed by atoms with E-state index in [0.29, 0.717) is 37.7 Å². The van der Waals surface area contributed by atoms with E-state index in [1.807, 2.05) is 18.2 Å². The summed E-state index contributed by atoms with van der Waals surface area (Å²) in [5, 5.41) is 13.5. The topological polar surface area (TPSA) is 178 Å². The fourth-order valence-corrected chi connectivity index (χ4v) is 9.27. The zero-order valence-electron chi connectivity index (χ0n) is 34.6. The van der Waals surface area contributed by atoms with E-state index in [2.05, 4.69) is 50.5 Å². The number of nitrogens with one attached hydrogen (secondary N) is 2. The highest BCUT2D eigenvalue weighted by Crippen LogP contribution is 2.43. The summed E-state index contributed by atoms with van der Waals surface area (Å²) in [7, 11) is -4.60. The predicted octanol–water partition coefficient (Wildman–Crippen LogP) is 8.01. The zero-order chi connectivity index (χ0) is 43.4. The molecule has 1 aliphatic carbocycles. The van der Waals surface area contributed by atoms with E-state index in [9.17, 15) is 23.3 Å². The molecule has 1 atom stereocenters. The first-order valence-electron chi connectivity index (χ1n) is 20.7. The van der Waals surface area contributed by atoms with Crippen molar-refractivity contribution in [3.8, 4) is 17.2 Å². The molecule has 3 aromatic carbocycles. The Labute approximate surface area is 365 Å². The monoisotopic (exact) mass is 884 g/mol. The number of hydrogen-bond donors (Lipinski definition) is 2. The average molecular weight is 885 g/mol. The van der Waals surface area contributed by atoms with Gasteiger partial charge in [0.05, 0.1) is 40.9 Å². The van der Waals surface area contributed by atoms with Crippen molar-refractivity contribution >= 4 is 55.5 Å². The number of benzene rings is 3. The molecule has 2 N–H and O–H groups in total. The van der Waals surface area contributed by atoms with Crippen LogP contribution >= 0.6 is 11.6 Å². The van der Waals surface area contributed by atoms with Crippen LogP contribution in [-0.4, -0.2) is 99.4 Å². The maximum Gasteiger partial charge on any atom is 0.312 e. The van der Waals surface area contributed by atoms with Gasteiger partial charge >= 0.3 is 5.69 Å². The molecule has 1 amide bonds. The molecule has 0 spiro atoms. The van der Waals surface area contributed by atoms with Gasteiger partial charge in [-0.15, -0.1) is 0 Å². The van der Waals surface area contributed by atoms with Crippen molar-refractivity contribution in [3.63, 3.8) is 0 Å². The summed E-state index contributed by atoms with van der Waals surface area (Å²) in [5.74, 6) is -0.671. The number of sulfonamides is 1. The fourth-order valence-electron chi connectivity index (χ4n) is 8.16. The minimum Gasteiger partial charge on any atom is -0.484 e. The van der Waals surface area contributed by atoms with Crippen molar-refractivity contribution in [3.05, 3.63) is 117 Å². The number of rotatable bonds is 15. The number of H-pyrrole nitrogens is 1. The van der Waals surface area contributed by atoms with Crippen molar-refractivity contribution in [1.29, 1.82) is 0 Å². The fraction of sp³-hybridized carbons (Fsp3) is 0.378. The lowest BCUT2D eigenvalue weighted by Gasteiger charge is -2.39. The molecule has 2 aromatic heterocycles. The number of aromatic amines is 1. The number of carbonyl (C=O) groups is 1. The standard InChI is InChI=1S/C45H49ClN6O9S/c1-45(2)14-11-32(39(26-45)30-3-5-33(46)6-4-30)28-50-16-18-51(19-17-50)34-7-9-38(42(24-34)61-36-23-31-12-15-47-43(31)48-27-36)44(53)49-62(56,57)37-8-10-41(40(25-37)52(54)55)60-22-21-59-35-13-20-58-29-35/h3-10,12,15,23-25,27,35H,11,13-14,16-22,26,28-29H2,1-2H3,(H,47,48)(H,49,53). The molecule has 4 heterocycles. The molecular weight excluding hydrogens is 836 g/mol. The number of halogens is 1. The number of nitrogens with zero attached hydrogens (tertiary/aromatic N) is 4. The Kier molecular flexibility index (Phi) is 12.8. The molecule has 0 radical (unpaired) electrons. The number of aromatic nitrogens is 2. The van der Waals surface area contributed by atoms with E-state index in [4.69, 9.17) is 30.5 Å². The summed E-state index contributed by atoms with van der Waals surface area (Å²) in [5.41, 5.74) is 5.12. The van der Waals surface area contributed by atoms with E-state index in [0.717, 1.165) is 73.5 Å². The minimum absolute atomic E-state index is 0.00399. The lowest BCUT2D eigenvalue weighted by atomic mass is 9.72. The number of amides is 1. The normalized spacial score (nSPS) is 18.2. The van der Waals surface area contributed by atoms with Gasteiger partial charge in [-0.25, -0.2) is 18.1 Å². The number of pyridine rings is 1. The lowest BCUT2D eigenvalue weighted by molar-refractivity contribution is -0.386. The van der Waals surface area contributed by atoms with Gasteiger partial charge in [0.15, 0.2) is 5.75 Å². The number of nitro benzene ring substituents is 1. The molecule has 3 aliphatic rings. The number of ether oxygens (including phenoxy) is 4. The summed E-state index contributed by atoms with van der Waals surface area (Å²) >= 11 is 6.24. The second kappa shape index (κ2) is 18.4. The first-order chi connectivity index (χ1) is 29.8. The van der Waals surface area contributed by atoms with Crippen LogP contribution in [0.25, 0.3) is 16.6 Å². The maximum absolute atomic E-state index is 13.9. The van der Waals surface area contributed by atoms with Gasteiger partial charge in [-0.2, -0.15) is 0 Å². The van der Waals surface area contributed by atoms with Gasteiger partial charge in [0.2, 0.25) is 0 Å². The Hall–Kier alpha value is -5.52. The van der Waals surface area contributed by atoms with Gasteiger partial charge < -0.3 is 28.8 Å². The molecule has 15 nitrogen and oxygen atoms in total. The number of carbonyl (C=O) groups excluding carboxylic acids is 1. The van der Waals surface area contributed by atoms with Crippen molar-refractivity contribution in [2.24, 2.45) is 5.41 Å². The predicted molar refractivity (Wildman–Crippen MR) is 236 cm³/mol. The molecule has 5 aromatic rings. The van der Waals surface area contributed by atoms with E-state index < -0.39 is 31.4 Å². The largest absolute Gasteiger partial charge is 0.484 e. The number of allylic oxidation sites excluding steroid dienone is 1. The molecule has 2 fully saturated rings. The highest BCUT2D eigenvalue weighted by molar-refractivity contribution is 7.90. The van der Waals surface area contributed by atoms with Crippen LogP contribution in [0, 0.1) is 15.5 Å². The van der Waals surface area contributed by atoms with E-state index >= 15 is 0 Å². The number of hydrogen-bond acceptors (Lipinski definition) is 12. The zero-order valence-corrected chi connectivity index (χ0v) is 36.2. The molecule has 0 saturated carbocycles. The van der Waals surface area contributed by atoms with Gasteiger partial charge in [-0.3, -0.25) is 19.8 Å². The molecule has 1 unspecified atom stereocenters. The summed E-state index contributed by atoms with van der Waals surface area (Å²) in [6.07, 6.45) is 7.12. The van der Waals surface area contributed by atoms with Crippen molar-refractivity contribution in [1.82, 2.24) is 19.6 Å². The maximum atomic E-state index is 13.9. The van der Waals surface area contributed by atoms with Crippen molar-refractivity contribution in [2.45, 2.75) is 50.5 Å². The number of anilines is 1. The highest BCUT2D eigenvalue weighted by atomic mass is 35.5. The van der Waals surface area contributed by atoms with Crippen LogP contribution in [-0.2, 0) is 19.5 Å². The van der Waals surface area contributed by atoms with Gasteiger partial charge in [0.25, 0.3) is 15.9 Å². The van der Waals surface area contributed by atoms with Crippen LogP contribution in [0.5, 0.6) is 17.2 Å². The second-order valence-electron chi connectivity index (χ2n) is 16.6. The third-order valence-electron chi connectivity index (χ3n) is 11.6. The Bertz CT molecular complexity index is 2580. The summed E-state index contributed by atoms with van der Waals surface area (Å²) in [6, 6.07) is 20.0. The minimum atomic E-state index is -4.60. The quantitative estimate of drug-likeness (QED) is 0.0589. The van der Waals surface area contributed by atoms with Crippen LogP contribution in [0.2, 0.25) is 5.02 Å². The van der Waals surface area contributed by atoms with Crippen LogP contribution in [0.1, 0.15) is 55.5 Å². The third-order valence-corrected chi connectivity index (χ3v) is 13.2. The van der Waals surface area contributed by atoms with Crippen LogP contribution in [0.3, 0.4) is 0 Å². The molecule has 0 bridgehead atoms. The van der Waals surface area contributed by atoms with Gasteiger partial charge in [0, 0.05) is 73.8 Å². The highest BCUT2D eigenvalue weighted by Gasteiger charge is 2.31. The Morgan fingerprint density at radius 2 is 1.84 bits per heavy atom. The van der Waals surface area contributed by atoms with Gasteiger partial charge in [0.1, 0.15) is 23.8 Å². The number of fused-ring (bicyclic) bond motifs is 1.